The van der Waals surface area contributed by atoms with Gasteiger partial charge in [-0.25, -0.2) is 0 Å². The van der Waals surface area contributed by atoms with Crippen LogP contribution in [-0.2, 0) is 6.54 Å². The van der Waals surface area contributed by atoms with Crippen molar-refractivity contribution in [3.8, 4) is 6.07 Å². The molecule has 1 fully saturated rings. The maximum Gasteiger partial charge on any atom is 0.0991 e. The van der Waals surface area contributed by atoms with Crippen molar-refractivity contribution in [2.75, 3.05) is 46.3 Å². The summed E-state index contributed by atoms with van der Waals surface area (Å²) < 4.78 is 0. The third kappa shape index (κ3) is 4.64. The predicted octanol–water partition coefficient (Wildman–Crippen LogP) is 0.895. The molecule has 0 radical (unpaired) electrons. The zero-order chi connectivity index (χ0) is 13.5. The third-order valence-corrected chi connectivity index (χ3v) is 3.52. The van der Waals surface area contributed by atoms with Gasteiger partial charge in [-0.3, -0.25) is 4.90 Å². The van der Waals surface area contributed by atoms with E-state index in [2.05, 4.69) is 34.3 Å². The second kappa shape index (κ2) is 7.25. The van der Waals surface area contributed by atoms with E-state index in [1.54, 1.807) is 0 Å². The summed E-state index contributed by atoms with van der Waals surface area (Å²) in [5.74, 6) is 0. The molecule has 2 rings (SSSR count). The number of nitriles is 1. The van der Waals surface area contributed by atoms with Crippen LogP contribution in [0.25, 0.3) is 0 Å². The minimum Gasteiger partial charge on any atom is -0.314 e. The molecular formula is C15H22N4. The van der Waals surface area contributed by atoms with E-state index in [9.17, 15) is 0 Å². The van der Waals surface area contributed by atoms with Crippen molar-refractivity contribution < 1.29 is 0 Å². The van der Waals surface area contributed by atoms with Gasteiger partial charge in [0.2, 0.25) is 0 Å². The number of likely N-dealkylation sites (N-methyl/N-ethyl adjacent to an activating group) is 1. The molecule has 1 aromatic carbocycles. The Morgan fingerprint density at radius 1 is 1.37 bits per heavy atom. The molecule has 1 aliphatic rings. The summed E-state index contributed by atoms with van der Waals surface area (Å²) in [6.07, 6.45) is 0. The second-order valence-electron chi connectivity index (χ2n) is 5.14. The Morgan fingerprint density at radius 3 is 2.89 bits per heavy atom. The minimum atomic E-state index is 0.744. The van der Waals surface area contributed by atoms with Gasteiger partial charge in [-0.2, -0.15) is 5.26 Å². The van der Waals surface area contributed by atoms with Crippen LogP contribution in [0.5, 0.6) is 0 Å². The van der Waals surface area contributed by atoms with Gasteiger partial charge < -0.3 is 10.2 Å². The quantitative estimate of drug-likeness (QED) is 0.852. The first-order valence-corrected chi connectivity index (χ1v) is 6.88. The van der Waals surface area contributed by atoms with E-state index >= 15 is 0 Å². The van der Waals surface area contributed by atoms with Crippen LogP contribution >= 0.6 is 0 Å². The molecule has 0 bridgehead atoms. The fourth-order valence-corrected chi connectivity index (χ4v) is 2.38. The lowest BCUT2D eigenvalue weighted by atomic mass is 10.1. The number of nitrogens with zero attached hydrogens (tertiary/aromatic N) is 3. The summed E-state index contributed by atoms with van der Waals surface area (Å²) in [6, 6.07) is 10.1. The van der Waals surface area contributed by atoms with Gasteiger partial charge in [0.05, 0.1) is 11.6 Å². The van der Waals surface area contributed by atoms with Gasteiger partial charge in [0.1, 0.15) is 0 Å². The summed E-state index contributed by atoms with van der Waals surface area (Å²) in [4.78, 5) is 4.82. The van der Waals surface area contributed by atoms with Crippen molar-refractivity contribution in [1.29, 1.82) is 5.26 Å². The molecule has 1 saturated heterocycles. The van der Waals surface area contributed by atoms with E-state index < -0.39 is 0 Å². The maximum atomic E-state index is 8.89. The summed E-state index contributed by atoms with van der Waals surface area (Å²) >= 11 is 0. The number of hydrogen-bond acceptors (Lipinski definition) is 4. The average Bonchev–Trinajstić information content (AvgIpc) is 2.46. The lowest BCUT2D eigenvalue weighted by Gasteiger charge is -2.29. The molecule has 4 heteroatoms. The molecule has 0 saturated carbocycles. The SMILES string of the molecule is CN(CCN1CCNCC1)Cc1cccc(C#N)c1. The second-order valence-corrected chi connectivity index (χ2v) is 5.14. The molecule has 0 amide bonds. The largest absolute Gasteiger partial charge is 0.314 e. The fourth-order valence-electron chi connectivity index (χ4n) is 2.38. The molecule has 1 aromatic rings. The molecule has 0 spiro atoms. The Labute approximate surface area is 115 Å². The van der Waals surface area contributed by atoms with Gasteiger partial charge in [-0.1, -0.05) is 12.1 Å². The Hall–Kier alpha value is -1.41. The van der Waals surface area contributed by atoms with E-state index in [1.807, 2.05) is 18.2 Å². The zero-order valence-corrected chi connectivity index (χ0v) is 11.6. The van der Waals surface area contributed by atoms with Crippen LogP contribution in [0.4, 0.5) is 0 Å². The van der Waals surface area contributed by atoms with Crippen LogP contribution in [0.3, 0.4) is 0 Å². The first kappa shape index (κ1) is 14.0. The van der Waals surface area contributed by atoms with E-state index in [0.29, 0.717) is 0 Å². The number of nitrogens with one attached hydrogen (secondary N) is 1. The van der Waals surface area contributed by atoms with Crippen molar-refractivity contribution in [2.45, 2.75) is 6.54 Å². The van der Waals surface area contributed by atoms with Crippen LogP contribution < -0.4 is 5.32 Å². The van der Waals surface area contributed by atoms with E-state index in [4.69, 9.17) is 5.26 Å². The zero-order valence-electron chi connectivity index (χ0n) is 11.6. The maximum absolute atomic E-state index is 8.89. The first-order valence-electron chi connectivity index (χ1n) is 6.88. The van der Waals surface area contributed by atoms with E-state index in [-0.39, 0.29) is 0 Å². The number of rotatable bonds is 5. The van der Waals surface area contributed by atoms with Crippen molar-refractivity contribution in [1.82, 2.24) is 15.1 Å². The third-order valence-electron chi connectivity index (χ3n) is 3.52. The topological polar surface area (TPSA) is 42.3 Å². The molecule has 19 heavy (non-hydrogen) atoms. The first-order chi connectivity index (χ1) is 9.28. The van der Waals surface area contributed by atoms with Crippen LogP contribution in [0, 0.1) is 11.3 Å². The predicted molar refractivity (Wildman–Crippen MR) is 76.8 cm³/mol. The van der Waals surface area contributed by atoms with Crippen LogP contribution in [-0.4, -0.2) is 56.1 Å². The molecule has 0 unspecified atom stereocenters. The Kier molecular flexibility index (Phi) is 5.34. The van der Waals surface area contributed by atoms with Gasteiger partial charge in [-0.15, -0.1) is 0 Å². The highest BCUT2D eigenvalue weighted by Gasteiger charge is 2.10. The molecule has 1 aliphatic heterocycles. The van der Waals surface area contributed by atoms with Crippen LogP contribution in [0.1, 0.15) is 11.1 Å². The Bertz CT molecular complexity index is 432. The standard InChI is InChI=1S/C15H22N4/c1-18(9-10-19-7-5-17-6-8-19)13-15-4-2-3-14(11-15)12-16/h2-4,11,17H,5-10,13H2,1H3. The minimum absolute atomic E-state index is 0.744. The van der Waals surface area contributed by atoms with Gasteiger partial charge in [0, 0.05) is 45.8 Å². The van der Waals surface area contributed by atoms with Gasteiger partial charge in [0.15, 0.2) is 0 Å². The lowest BCUT2D eigenvalue weighted by molar-refractivity contribution is 0.202. The summed E-state index contributed by atoms with van der Waals surface area (Å²) in [5, 5.41) is 12.3. The van der Waals surface area contributed by atoms with Gasteiger partial charge in [-0.05, 0) is 24.7 Å². The van der Waals surface area contributed by atoms with Crippen molar-refractivity contribution in [3.63, 3.8) is 0 Å². The van der Waals surface area contributed by atoms with Crippen molar-refractivity contribution in [2.24, 2.45) is 0 Å². The highest BCUT2D eigenvalue weighted by Crippen LogP contribution is 2.06. The molecule has 0 aliphatic carbocycles. The van der Waals surface area contributed by atoms with Crippen molar-refractivity contribution in [3.05, 3.63) is 35.4 Å². The molecule has 102 valence electrons. The van der Waals surface area contributed by atoms with Crippen LogP contribution in [0.2, 0.25) is 0 Å². The van der Waals surface area contributed by atoms with Crippen molar-refractivity contribution >= 4 is 0 Å². The number of benzene rings is 1. The summed E-state index contributed by atoms with van der Waals surface area (Å²) in [6.45, 7) is 7.60. The monoisotopic (exact) mass is 258 g/mol. The Morgan fingerprint density at radius 2 is 2.16 bits per heavy atom. The highest BCUT2D eigenvalue weighted by molar-refractivity contribution is 5.32. The molecule has 4 nitrogen and oxygen atoms in total. The summed E-state index contributed by atoms with van der Waals surface area (Å²) in [5.41, 5.74) is 1.95. The lowest BCUT2D eigenvalue weighted by Crippen LogP contribution is -2.45. The molecule has 1 N–H and O–H groups in total. The normalized spacial score (nSPS) is 16.5. The molecule has 0 atom stereocenters. The Balaban J connectivity index is 1.77. The molecular weight excluding hydrogens is 236 g/mol. The molecule has 0 aromatic heterocycles. The smallest absolute Gasteiger partial charge is 0.0991 e. The average molecular weight is 258 g/mol. The van der Waals surface area contributed by atoms with Gasteiger partial charge in [0.25, 0.3) is 0 Å². The molecule has 1 heterocycles. The number of piperazine rings is 1. The highest BCUT2D eigenvalue weighted by atomic mass is 15.2. The van der Waals surface area contributed by atoms with E-state index in [1.165, 1.54) is 5.56 Å². The summed E-state index contributed by atoms with van der Waals surface area (Å²) in [7, 11) is 2.14. The fraction of sp³-hybridized carbons (Fsp3) is 0.533. The van der Waals surface area contributed by atoms with Gasteiger partial charge >= 0.3 is 0 Å². The van der Waals surface area contributed by atoms with Crippen LogP contribution in [0.15, 0.2) is 24.3 Å². The van der Waals surface area contributed by atoms with E-state index in [0.717, 1.165) is 51.4 Å². The number of hydrogen-bond donors (Lipinski definition) is 1.